The van der Waals surface area contributed by atoms with Crippen LogP contribution in [0.15, 0.2) is 54.6 Å². The van der Waals surface area contributed by atoms with E-state index >= 15 is 0 Å². The van der Waals surface area contributed by atoms with Crippen LogP contribution in [0.1, 0.15) is 58.2 Å². The molecule has 0 aliphatic carbocycles. The summed E-state index contributed by atoms with van der Waals surface area (Å²) >= 11 is 0. The van der Waals surface area contributed by atoms with Gasteiger partial charge in [-0.25, -0.2) is 0 Å². The highest BCUT2D eigenvalue weighted by molar-refractivity contribution is 5.32. The number of hydrogen-bond donors (Lipinski definition) is 1. The van der Waals surface area contributed by atoms with Gasteiger partial charge >= 0.3 is 0 Å². The summed E-state index contributed by atoms with van der Waals surface area (Å²) in [4.78, 5) is 0. The monoisotopic (exact) mass is 325 g/mol. The zero-order chi connectivity index (χ0) is 17.8. The standard InChI is InChI=1S/C22H31NO/c1-21(2,3)16-22(4,5)18-11-13-19(14-12-18)24-15-20(23)17-9-7-6-8-10-17/h6-14,20H,15-16,23H2,1-5H3. The average Bonchev–Trinajstić information content (AvgIpc) is 2.51. The smallest absolute Gasteiger partial charge is 0.119 e. The van der Waals surface area contributed by atoms with Gasteiger partial charge in [-0.05, 0) is 40.5 Å². The van der Waals surface area contributed by atoms with Gasteiger partial charge in [0.15, 0.2) is 0 Å². The highest BCUT2D eigenvalue weighted by Crippen LogP contribution is 2.36. The van der Waals surface area contributed by atoms with E-state index in [0.29, 0.717) is 12.0 Å². The van der Waals surface area contributed by atoms with Gasteiger partial charge in [-0.2, -0.15) is 0 Å². The summed E-state index contributed by atoms with van der Waals surface area (Å²) in [5.74, 6) is 0.872. The lowest BCUT2D eigenvalue weighted by Gasteiger charge is -2.33. The van der Waals surface area contributed by atoms with E-state index in [1.54, 1.807) is 0 Å². The molecule has 0 saturated heterocycles. The van der Waals surface area contributed by atoms with Gasteiger partial charge in [-0.15, -0.1) is 0 Å². The first-order valence-corrected chi connectivity index (χ1v) is 8.71. The highest BCUT2D eigenvalue weighted by Gasteiger charge is 2.27. The summed E-state index contributed by atoms with van der Waals surface area (Å²) in [6.07, 6.45) is 1.14. The Balaban J connectivity index is 1.97. The molecule has 2 aromatic rings. The highest BCUT2D eigenvalue weighted by atomic mass is 16.5. The number of benzene rings is 2. The first-order valence-electron chi connectivity index (χ1n) is 8.71. The molecule has 2 heteroatoms. The Morgan fingerprint density at radius 1 is 0.875 bits per heavy atom. The fourth-order valence-corrected chi connectivity index (χ4v) is 3.41. The second-order valence-corrected chi connectivity index (χ2v) is 8.47. The van der Waals surface area contributed by atoms with E-state index in [4.69, 9.17) is 10.5 Å². The SMILES string of the molecule is CC(C)(C)CC(C)(C)c1ccc(OCC(N)c2ccccc2)cc1. The summed E-state index contributed by atoms with van der Waals surface area (Å²) in [5, 5.41) is 0. The van der Waals surface area contributed by atoms with Crippen molar-refractivity contribution in [3.8, 4) is 5.75 Å². The van der Waals surface area contributed by atoms with Gasteiger partial charge in [0, 0.05) is 0 Å². The number of nitrogens with two attached hydrogens (primary N) is 1. The summed E-state index contributed by atoms with van der Waals surface area (Å²) in [6.45, 7) is 12.0. The van der Waals surface area contributed by atoms with Gasteiger partial charge in [-0.1, -0.05) is 77.1 Å². The molecule has 0 spiro atoms. The van der Waals surface area contributed by atoms with Gasteiger partial charge in [0.25, 0.3) is 0 Å². The van der Waals surface area contributed by atoms with E-state index in [2.05, 4.69) is 58.9 Å². The minimum absolute atomic E-state index is 0.108. The molecule has 0 aliphatic heterocycles. The molecule has 24 heavy (non-hydrogen) atoms. The molecule has 0 bridgehead atoms. The first-order chi connectivity index (χ1) is 11.2. The molecule has 0 aliphatic rings. The number of hydrogen-bond acceptors (Lipinski definition) is 2. The number of ether oxygens (including phenoxy) is 1. The fourth-order valence-electron chi connectivity index (χ4n) is 3.41. The normalized spacial score (nSPS) is 13.6. The molecular weight excluding hydrogens is 294 g/mol. The van der Waals surface area contributed by atoms with E-state index in [1.165, 1.54) is 5.56 Å². The minimum Gasteiger partial charge on any atom is -0.492 e. The van der Waals surface area contributed by atoms with E-state index in [-0.39, 0.29) is 11.5 Å². The van der Waals surface area contributed by atoms with Crippen LogP contribution in [0.2, 0.25) is 0 Å². The quantitative estimate of drug-likeness (QED) is 0.763. The Morgan fingerprint density at radius 2 is 1.46 bits per heavy atom. The van der Waals surface area contributed by atoms with Gasteiger partial charge in [0.1, 0.15) is 12.4 Å². The molecule has 2 aromatic carbocycles. The van der Waals surface area contributed by atoms with Crippen molar-refractivity contribution in [1.29, 1.82) is 0 Å². The maximum Gasteiger partial charge on any atom is 0.119 e. The molecule has 0 heterocycles. The molecule has 1 unspecified atom stereocenters. The van der Waals surface area contributed by atoms with Gasteiger partial charge < -0.3 is 10.5 Å². The maximum atomic E-state index is 6.19. The van der Waals surface area contributed by atoms with Crippen molar-refractivity contribution in [2.45, 2.75) is 52.5 Å². The zero-order valence-corrected chi connectivity index (χ0v) is 15.7. The van der Waals surface area contributed by atoms with Crippen LogP contribution in [-0.4, -0.2) is 6.61 Å². The third-order valence-electron chi connectivity index (χ3n) is 4.27. The maximum absolute atomic E-state index is 6.19. The van der Waals surface area contributed by atoms with Crippen LogP contribution in [0.5, 0.6) is 5.75 Å². The van der Waals surface area contributed by atoms with Crippen molar-refractivity contribution in [2.24, 2.45) is 11.1 Å². The van der Waals surface area contributed by atoms with Gasteiger partial charge in [0.05, 0.1) is 6.04 Å². The third-order valence-corrected chi connectivity index (χ3v) is 4.27. The van der Waals surface area contributed by atoms with Crippen molar-refractivity contribution in [2.75, 3.05) is 6.61 Å². The van der Waals surface area contributed by atoms with E-state index in [1.807, 2.05) is 30.3 Å². The van der Waals surface area contributed by atoms with Crippen molar-refractivity contribution < 1.29 is 4.74 Å². The Kier molecular flexibility index (Phi) is 5.71. The minimum atomic E-state index is -0.108. The molecule has 2 rings (SSSR count). The van der Waals surface area contributed by atoms with E-state index < -0.39 is 0 Å². The third kappa shape index (κ3) is 5.38. The van der Waals surface area contributed by atoms with Crippen molar-refractivity contribution >= 4 is 0 Å². The molecular formula is C22H31NO. The Bertz CT molecular complexity index is 623. The first kappa shape index (κ1) is 18.5. The van der Waals surface area contributed by atoms with E-state index in [9.17, 15) is 0 Å². The molecule has 0 amide bonds. The zero-order valence-electron chi connectivity index (χ0n) is 15.7. The van der Waals surface area contributed by atoms with Crippen LogP contribution in [0.25, 0.3) is 0 Å². The molecule has 0 radical (unpaired) electrons. The molecule has 2 nitrogen and oxygen atoms in total. The van der Waals surface area contributed by atoms with Crippen LogP contribution in [-0.2, 0) is 5.41 Å². The summed E-state index contributed by atoms with van der Waals surface area (Å²) in [5.41, 5.74) is 9.09. The number of rotatable bonds is 6. The van der Waals surface area contributed by atoms with Crippen LogP contribution >= 0.6 is 0 Å². The predicted octanol–water partition coefficient (Wildman–Crippen LogP) is 5.48. The predicted molar refractivity (Wildman–Crippen MR) is 102 cm³/mol. The second-order valence-electron chi connectivity index (χ2n) is 8.47. The molecule has 0 aromatic heterocycles. The topological polar surface area (TPSA) is 35.2 Å². The lowest BCUT2D eigenvalue weighted by Crippen LogP contribution is -2.24. The van der Waals surface area contributed by atoms with Gasteiger partial charge in [-0.3, -0.25) is 0 Å². The molecule has 0 fully saturated rings. The largest absolute Gasteiger partial charge is 0.492 e. The molecule has 130 valence electrons. The molecule has 1 atom stereocenters. The van der Waals surface area contributed by atoms with Crippen LogP contribution in [0, 0.1) is 5.41 Å². The van der Waals surface area contributed by atoms with Gasteiger partial charge in [0.2, 0.25) is 0 Å². The van der Waals surface area contributed by atoms with Crippen molar-refractivity contribution in [1.82, 2.24) is 0 Å². The summed E-state index contributed by atoms with van der Waals surface area (Å²) in [7, 11) is 0. The summed E-state index contributed by atoms with van der Waals surface area (Å²) in [6, 6.07) is 18.4. The summed E-state index contributed by atoms with van der Waals surface area (Å²) < 4.78 is 5.87. The van der Waals surface area contributed by atoms with E-state index in [0.717, 1.165) is 17.7 Å². The van der Waals surface area contributed by atoms with Crippen LogP contribution in [0.4, 0.5) is 0 Å². The Morgan fingerprint density at radius 3 is 2.00 bits per heavy atom. The second kappa shape index (κ2) is 7.40. The Labute approximate surface area is 147 Å². The molecule has 0 saturated carbocycles. The van der Waals surface area contributed by atoms with Crippen LogP contribution in [0.3, 0.4) is 0 Å². The van der Waals surface area contributed by atoms with Crippen LogP contribution < -0.4 is 10.5 Å². The lowest BCUT2D eigenvalue weighted by atomic mass is 9.72. The van der Waals surface area contributed by atoms with Crippen molar-refractivity contribution in [3.63, 3.8) is 0 Å². The van der Waals surface area contributed by atoms with Crippen molar-refractivity contribution in [3.05, 3.63) is 65.7 Å². The average molecular weight is 325 g/mol. The lowest BCUT2D eigenvalue weighted by molar-refractivity contribution is 0.281. The Hall–Kier alpha value is -1.80. The molecule has 2 N–H and O–H groups in total. The fraction of sp³-hybridized carbons (Fsp3) is 0.455.